The molecule has 0 aliphatic rings. The summed E-state index contributed by atoms with van der Waals surface area (Å²) in [6.45, 7) is 0. The zero-order valence-corrected chi connectivity index (χ0v) is 30.9. The molecular weight excluding hydrogens is 677 g/mol. The monoisotopic (exact) mass is 716 g/mol. The van der Waals surface area contributed by atoms with Gasteiger partial charge in [0.25, 0.3) is 0 Å². The van der Waals surface area contributed by atoms with Crippen molar-refractivity contribution in [2.24, 2.45) is 0 Å². The number of hydrogen-bond donors (Lipinski definition) is 2. The highest BCUT2D eigenvalue weighted by Gasteiger charge is 2.11. The summed E-state index contributed by atoms with van der Waals surface area (Å²) in [6, 6.07) is 81.8. The van der Waals surface area contributed by atoms with Crippen molar-refractivity contribution in [3.8, 4) is 66.8 Å². The van der Waals surface area contributed by atoms with Crippen molar-refractivity contribution < 1.29 is 0 Å². The molecule has 2 nitrogen and oxygen atoms in total. The van der Waals surface area contributed by atoms with Gasteiger partial charge in [-0.15, -0.1) is 0 Å². The molecule has 0 radical (unpaired) electrons. The molecule has 9 rings (SSSR count). The van der Waals surface area contributed by atoms with Crippen molar-refractivity contribution in [1.82, 2.24) is 0 Å². The van der Waals surface area contributed by atoms with Gasteiger partial charge in [0.1, 0.15) is 0 Å². The Morgan fingerprint density at radius 1 is 0.196 bits per heavy atom. The number of anilines is 4. The summed E-state index contributed by atoms with van der Waals surface area (Å²) < 4.78 is 0. The van der Waals surface area contributed by atoms with Gasteiger partial charge in [0.05, 0.1) is 0 Å². The van der Waals surface area contributed by atoms with Crippen molar-refractivity contribution in [3.63, 3.8) is 0 Å². The maximum atomic E-state index is 3.70. The van der Waals surface area contributed by atoms with Gasteiger partial charge in [-0.05, 0) is 104 Å². The van der Waals surface area contributed by atoms with Gasteiger partial charge in [-0.1, -0.05) is 182 Å². The van der Waals surface area contributed by atoms with E-state index in [1.807, 2.05) is 0 Å². The van der Waals surface area contributed by atoms with Crippen molar-refractivity contribution in [2.45, 2.75) is 0 Å². The van der Waals surface area contributed by atoms with E-state index < -0.39 is 0 Å². The molecule has 0 aromatic heterocycles. The average molecular weight is 717 g/mol. The molecule has 0 saturated heterocycles. The molecule has 266 valence electrons. The Morgan fingerprint density at radius 3 is 0.929 bits per heavy atom. The summed E-state index contributed by atoms with van der Waals surface area (Å²) in [4.78, 5) is 0. The van der Waals surface area contributed by atoms with Crippen LogP contribution in [0.5, 0.6) is 0 Å². The van der Waals surface area contributed by atoms with Gasteiger partial charge in [0.15, 0.2) is 0 Å². The third-order valence-corrected chi connectivity index (χ3v) is 10.3. The fourth-order valence-electron chi connectivity index (χ4n) is 7.40. The lowest BCUT2D eigenvalue weighted by Crippen LogP contribution is -1.94. The van der Waals surface area contributed by atoms with Crippen LogP contribution in [0.1, 0.15) is 0 Å². The lowest BCUT2D eigenvalue weighted by Gasteiger charge is -2.15. The van der Waals surface area contributed by atoms with Crippen LogP contribution >= 0.6 is 0 Å². The van der Waals surface area contributed by atoms with E-state index in [1.54, 1.807) is 0 Å². The molecule has 56 heavy (non-hydrogen) atoms. The number of rotatable bonds is 10. The second kappa shape index (κ2) is 15.9. The van der Waals surface area contributed by atoms with Gasteiger partial charge in [-0.2, -0.15) is 0 Å². The topological polar surface area (TPSA) is 24.1 Å². The normalized spacial score (nSPS) is 10.9. The summed E-state index contributed by atoms with van der Waals surface area (Å²) in [5, 5.41) is 7.40. The molecule has 0 aliphatic carbocycles. The first-order valence-corrected chi connectivity index (χ1v) is 19.1. The summed E-state index contributed by atoms with van der Waals surface area (Å²) >= 11 is 0. The van der Waals surface area contributed by atoms with Crippen LogP contribution in [-0.2, 0) is 0 Å². The summed E-state index contributed by atoms with van der Waals surface area (Å²) in [6.07, 6.45) is 0. The summed E-state index contributed by atoms with van der Waals surface area (Å²) in [5.74, 6) is 0. The molecule has 0 spiro atoms. The van der Waals surface area contributed by atoms with Crippen LogP contribution in [-0.4, -0.2) is 0 Å². The largest absolute Gasteiger partial charge is 0.355 e. The van der Waals surface area contributed by atoms with Gasteiger partial charge in [-0.3, -0.25) is 0 Å². The number of nitrogens with one attached hydrogen (secondary N) is 2. The Hall–Kier alpha value is -7.42. The second-order valence-electron chi connectivity index (χ2n) is 14.0. The van der Waals surface area contributed by atoms with Crippen LogP contribution in [0.4, 0.5) is 22.7 Å². The Bertz CT molecular complexity index is 2540. The fraction of sp³-hybridized carbons (Fsp3) is 0. The third-order valence-electron chi connectivity index (χ3n) is 10.3. The Kier molecular flexibility index (Phi) is 9.75. The van der Waals surface area contributed by atoms with Gasteiger partial charge >= 0.3 is 0 Å². The Balaban J connectivity index is 0.946. The van der Waals surface area contributed by atoms with E-state index in [-0.39, 0.29) is 0 Å². The quantitative estimate of drug-likeness (QED) is 0.147. The molecule has 2 heteroatoms. The molecule has 0 aliphatic heterocycles. The SMILES string of the molecule is c1ccc(-c2cccc(Nc3ccccc3-c3cccc(-c4ccc(-c5cccc(-c6ccccc6Nc6cccc(-c7ccccc7)c6)c5)cc4)c3)c2)cc1. The zero-order valence-electron chi connectivity index (χ0n) is 30.9. The maximum absolute atomic E-state index is 3.70. The highest BCUT2D eigenvalue weighted by atomic mass is 14.9. The predicted octanol–water partition coefficient (Wildman–Crippen LogP) is 15.2. The van der Waals surface area contributed by atoms with Crippen molar-refractivity contribution in [3.05, 3.63) is 231 Å². The second-order valence-corrected chi connectivity index (χ2v) is 14.0. The van der Waals surface area contributed by atoms with Crippen molar-refractivity contribution >= 4 is 22.7 Å². The van der Waals surface area contributed by atoms with E-state index >= 15 is 0 Å². The first-order valence-electron chi connectivity index (χ1n) is 19.1. The van der Waals surface area contributed by atoms with Crippen molar-refractivity contribution in [2.75, 3.05) is 10.6 Å². The number of para-hydroxylation sites is 2. The van der Waals surface area contributed by atoms with Gasteiger partial charge in [-0.25, -0.2) is 0 Å². The van der Waals surface area contributed by atoms with E-state index in [1.165, 1.54) is 55.6 Å². The molecule has 0 saturated carbocycles. The lowest BCUT2D eigenvalue weighted by molar-refractivity contribution is 1.52. The molecule has 0 amide bonds. The Labute approximate surface area is 329 Å². The van der Waals surface area contributed by atoms with Crippen LogP contribution in [0, 0.1) is 0 Å². The summed E-state index contributed by atoms with van der Waals surface area (Å²) in [7, 11) is 0. The van der Waals surface area contributed by atoms with Crippen LogP contribution in [0.2, 0.25) is 0 Å². The standard InChI is InChI=1S/C54H40N2/c1-3-15-39(16-4-1)45-21-13-25-49(37-45)55-53-29-9-7-27-51(53)47-23-11-19-43(35-47)41-31-33-42(34-32-41)44-20-12-24-48(36-44)52-28-8-10-30-54(52)56-50-26-14-22-46(38-50)40-17-5-2-6-18-40/h1-38,55-56H. The number of benzene rings is 9. The van der Waals surface area contributed by atoms with Crippen LogP contribution in [0.15, 0.2) is 231 Å². The van der Waals surface area contributed by atoms with Crippen molar-refractivity contribution in [1.29, 1.82) is 0 Å². The Morgan fingerprint density at radius 2 is 0.500 bits per heavy atom. The molecule has 0 heterocycles. The fourth-order valence-corrected chi connectivity index (χ4v) is 7.40. The lowest BCUT2D eigenvalue weighted by atomic mass is 9.95. The maximum Gasteiger partial charge on any atom is 0.0463 e. The van der Waals surface area contributed by atoms with E-state index in [2.05, 4.69) is 241 Å². The van der Waals surface area contributed by atoms with Gasteiger partial charge in [0, 0.05) is 33.9 Å². The highest BCUT2D eigenvalue weighted by Crippen LogP contribution is 2.37. The molecule has 0 unspecified atom stereocenters. The van der Waals surface area contributed by atoms with Gasteiger partial charge in [0.2, 0.25) is 0 Å². The average Bonchev–Trinajstić information content (AvgIpc) is 3.28. The first-order chi connectivity index (χ1) is 27.7. The molecule has 2 N–H and O–H groups in total. The zero-order chi connectivity index (χ0) is 37.5. The minimum absolute atomic E-state index is 1.06. The third kappa shape index (κ3) is 7.64. The first kappa shape index (κ1) is 34.4. The minimum atomic E-state index is 1.06. The van der Waals surface area contributed by atoms with Crippen LogP contribution in [0.3, 0.4) is 0 Å². The molecule has 9 aromatic rings. The van der Waals surface area contributed by atoms with E-state index in [0.29, 0.717) is 0 Å². The molecule has 0 atom stereocenters. The molecule has 0 fully saturated rings. The number of hydrogen-bond acceptors (Lipinski definition) is 2. The molecule has 0 bridgehead atoms. The van der Waals surface area contributed by atoms with E-state index in [0.717, 1.165) is 33.9 Å². The van der Waals surface area contributed by atoms with Crippen LogP contribution < -0.4 is 10.6 Å². The molecule has 9 aromatic carbocycles. The van der Waals surface area contributed by atoms with Gasteiger partial charge < -0.3 is 10.6 Å². The van der Waals surface area contributed by atoms with E-state index in [9.17, 15) is 0 Å². The minimum Gasteiger partial charge on any atom is -0.355 e. The molecular formula is C54H40N2. The highest BCUT2D eigenvalue weighted by molar-refractivity contribution is 5.86. The smallest absolute Gasteiger partial charge is 0.0463 e. The van der Waals surface area contributed by atoms with E-state index in [4.69, 9.17) is 0 Å². The van der Waals surface area contributed by atoms with Crippen LogP contribution in [0.25, 0.3) is 66.8 Å². The predicted molar refractivity (Wildman–Crippen MR) is 239 cm³/mol. The summed E-state index contributed by atoms with van der Waals surface area (Å²) in [5.41, 5.74) is 18.4.